The van der Waals surface area contributed by atoms with Gasteiger partial charge < -0.3 is 13.6 Å². The SMILES string of the molecule is Cc1nc(C)c(-n2cc([N+](=O)[O-])c(OCC(F)CO[Si](C)(C)C(C)(C)C)n2)o1. The van der Waals surface area contributed by atoms with Crippen LogP contribution in [0.3, 0.4) is 0 Å². The molecule has 2 aromatic rings. The van der Waals surface area contributed by atoms with Crippen molar-refractivity contribution >= 4 is 14.0 Å². The van der Waals surface area contributed by atoms with Crippen LogP contribution in [-0.2, 0) is 4.43 Å². The highest BCUT2D eigenvalue weighted by Crippen LogP contribution is 2.36. The van der Waals surface area contributed by atoms with Crippen LogP contribution in [0.5, 0.6) is 5.88 Å². The molecule has 0 spiro atoms. The van der Waals surface area contributed by atoms with Gasteiger partial charge in [0, 0.05) is 6.92 Å². The van der Waals surface area contributed by atoms with E-state index in [0.29, 0.717) is 11.6 Å². The summed E-state index contributed by atoms with van der Waals surface area (Å²) in [5.41, 5.74) is 0.138. The lowest BCUT2D eigenvalue weighted by atomic mass is 10.2. The predicted octanol–water partition coefficient (Wildman–Crippen LogP) is 4.12. The number of nitrogens with zero attached hydrogens (tertiary/aromatic N) is 4. The molecule has 0 aliphatic rings. The first-order chi connectivity index (χ1) is 12.8. The van der Waals surface area contributed by atoms with E-state index < -0.39 is 26.0 Å². The standard InChI is InChI=1S/C17H27FN4O5Si/c1-11-16(27-12(2)19-11)21-8-14(22(23)24)15(20-21)25-9-13(18)10-26-28(6,7)17(3,4)5/h8,13H,9-10H2,1-7H3. The third-order valence-electron chi connectivity index (χ3n) is 4.78. The molecule has 0 aliphatic carbocycles. The third-order valence-corrected chi connectivity index (χ3v) is 9.28. The molecule has 0 N–H and O–H groups in total. The number of oxazole rings is 1. The minimum Gasteiger partial charge on any atom is -0.469 e. The van der Waals surface area contributed by atoms with Gasteiger partial charge in [0.2, 0.25) is 5.88 Å². The van der Waals surface area contributed by atoms with Gasteiger partial charge in [0.1, 0.15) is 18.5 Å². The van der Waals surface area contributed by atoms with E-state index in [1.54, 1.807) is 13.8 Å². The van der Waals surface area contributed by atoms with Gasteiger partial charge in [-0.2, -0.15) is 4.68 Å². The van der Waals surface area contributed by atoms with Crippen molar-refractivity contribution in [3.05, 3.63) is 27.9 Å². The van der Waals surface area contributed by atoms with Crippen molar-refractivity contribution in [2.45, 2.75) is 58.9 Å². The van der Waals surface area contributed by atoms with Crippen LogP contribution in [0.4, 0.5) is 10.1 Å². The fraction of sp³-hybridized carbons (Fsp3) is 0.647. The lowest BCUT2D eigenvalue weighted by molar-refractivity contribution is -0.386. The Morgan fingerprint density at radius 1 is 1.36 bits per heavy atom. The van der Waals surface area contributed by atoms with Crippen LogP contribution in [0.2, 0.25) is 18.1 Å². The van der Waals surface area contributed by atoms with Crippen molar-refractivity contribution in [3.8, 4) is 11.8 Å². The van der Waals surface area contributed by atoms with E-state index in [-0.39, 0.29) is 29.1 Å². The number of hydrogen-bond donors (Lipinski definition) is 0. The Labute approximate surface area is 164 Å². The summed E-state index contributed by atoms with van der Waals surface area (Å²) in [5.74, 6) is 0.363. The molecule has 9 nitrogen and oxygen atoms in total. The Bertz CT molecular complexity index is 843. The van der Waals surface area contributed by atoms with Gasteiger partial charge >= 0.3 is 11.6 Å². The summed E-state index contributed by atoms with van der Waals surface area (Å²) in [6.07, 6.45) is -0.282. The van der Waals surface area contributed by atoms with Crippen LogP contribution in [-0.4, -0.2) is 47.4 Å². The van der Waals surface area contributed by atoms with Crippen LogP contribution in [0, 0.1) is 24.0 Å². The summed E-state index contributed by atoms with van der Waals surface area (Å²) in [5, 5.41) is 15.3. The van der Waals surface area contributed by atoms with Gasteiger partial charge in [0.15, 0.2) is 20.4 Å². The zero-order valence-corrected chi connectivity index (χ0v) is 18.3. The number of ether oxygens (including phenoxy) is 1. The van der Waals surface area contributed by atoms with E-state index in [4.69, 9.17) is 13.6 Å². The second-order valence-corrected chi connectivity index (χ2v) is 12.9. The van der Waals surface area contributed by atoms with Crippen molar-refractivity contribution < 1.29 is 22.9 Å². The van der Waals surface area contributed by atoms with Crippen molar-refractivity contribution in [2.75, 3.05) is 13.2 Å². The van der Waals surface area contributed by atoms with E-state index in [9.17, 15) is 14.5 Å². The molecule has 0 bridgehead atoms. The predicted molar refractivity (Wildman–Crippen MR) is 103 cm³/mol. The van der Waals surface area contributed by atoms with E-state index in [0.717, 1.165) is 6.20 Å². The minimum atomic E-state index is -2.09. The molecule has 1 atom stereocenters. The molecule has 0 amide bonds. The van der Waals surface area contributed by atoms with E-state index in [1.807, 2.05) is 13.1 Å². The molecule has 28 heavy (non-hydrogen) atoms. The van der Waals surface area contributed by atoms with Crippen LogP contribution in [0.15, 0.2) is 10.6 Å². The molecule has 0 aliphatic heterocycles. The number of rotatable bonds is 8. The number of nitro groups is 1. The van der Waals surface area contributed by atoms with Crippen molar-refractivity contribution in [2.24, 2.45) is 0 Å². The first-order valence-corrected chi connectivity index (χ1v) is 11.8. The average Bonchev–Trinajstić information content (AvgIpc) is 3.12. The van der Waals surface area contributed by atoms with Gasteiger partial charge in [-0.1, -0.05) is 20.8 Å². The van der Waals surface area contributed by atoms with Gasteiger partial charge in [-0.3, -0.25) is 10.1 Å². The zero-order valence-electron chi connectivity index (χ0n) is 17.3. The van der Waals surface area contributed by atoms with Gasteiger partial charge in [0.25, 0.3) is 0 Å². The fourth-order valence-corrected chi connectivity index (χ4v) is 3.18. The van der Waals surface area contributed by atoms with Gasteiger partial charge in [0.05, 0.1) is 11.5 Å². The Balaban J connectivity index is 2.07. The lowest BCUT2D eigenvalue weighted by Gasteiger charge is -2.36. The maximum Gasteiger partial charge on any atom is 0.350 e. The number of halogens is 1. The summed E-state index contributed by atoms with van der Waals surface area (Å²) in [6, 6.07) is 0. The molecular formula is C17H27FN4O5Si. The number of aromatic nitrogens is 3. The van der Waals surface area contributed by atoms with Crippen molar-refractivity contribution in [1.29, 1.82) is 0 Å². The first-order valence-electron chi connectivity index (χ1n) is 8.91. The van der Waals surface area contributed by atoms with E-state index in [2.05, 4.69) is 30.9 Å². The molecule has 0 fully saturated rings. The molecule has 156 valence electrons. The smallest absolute Gasteiger partial charge is 0.350 e. The quantitative estimate of drug-likeness (QED) is 0.363. The lowest BCUT2D eigenvalue weighted by Crippen LogP contribution is -2.42. The second-order valence-electron chi connectivity index (χ2n) is 8.12. The number of aryl methyl sites for hydroxylation is 2. The number of hydrogen-bond acceptors (Lipinski definition) is 7. The molecule has 2 rings (SSSR count). The molecule has 1 unspecified atom stereocenters. The van der Waals surface area contributed by atoms with Crippen LogP contribution in [0.1, 0.15) is 32.4 Å². The van der Waals surface area contributed by atoms with E-state index >= 15 is 0 Å². The molecule has 2 heterocycles. The molecule has 2 aromatic heterocycles. The molecule has 0 aromatic carbocycles. The molecule has 0 radical (unpaired) electrons. The largest absolute Gasteiger partial charge is 0.469 e. The topological polar surface area (TPSA) is 105 Å². The normalized spacial score (nSPS) is 13.6. The van der Waals surface area contributed by atoms with Crippen molar-refractivity contribution in [1.82, 2.24) is 14.8 Å². The number of alkyl halides is 1. The second kappa shape index (κ2) is 8.00. The van der Waals surface area contributed by atoms with Gasteiger partial charge in [-0.15, -0.1) is 5.10 Å². The Kier molecular flexibility index (Phi) is 6.29. The Hall–Kier alpha value is -2.27. The highest BCUT2D eigenvalue weighted by Gasteiger charge is 2.37. The minimum absolute atomic E-state index is 0.0434. The fourth-order valence-electron chi connectivity index (χ4n) is 2.15. The van der Waals surface area contributed by atoms with Crippen LogP contribution >= 0.6 is 0 Å². The monoisotopic (exact) mass is 414 g/mol. The van der Waals surface area contributed by atoms with Gasteiger partial charge in [-0.25, -0.2) is 9.37 Å². The molecule has 11 heteroatoms. The Morgan fingerprint density at radius 2 is 2.00 bits per heavy atom. The summed E-state index contributed by atoms with van der Waals surface area (Å²) < 4.78 is 31.9. The van der Waals surface area contributed by atoms with Crippen molar-refractivity contribution in [3.63, 3.8) is 0 Å². The summed E-state index contributed by atoms with van der Waals surface area (Å²) >= 11 is 0. The molecule has 0 saturated carbocycles. The third kappa shape index (κ3) is 4.96. The highest BCUT2D eigenvalue weighted by molar-refractivity contribution is 6.74. The van der Waals surface area contributed by atoms with E-state index in [1.165, 1.54) is 4.68 Å². The maximum absolute atomic E-state index is 14.3. The van der Waals surface area contributed by atoms with Gasteiger partial charge in [-0.05, 0) is 25.1 Å². The zero-order chi connectivity index (χ0) is 21.3. The first kappa shape index (κ1) is 22.0. The summed E-state index contributed by atoms with van der Waals surface area (Å²) in [7, 11) is -2.09. The Morgan fingerprint density at radius 3 is 2.50 bits per heavy atom. The average molecular weight is 415 g/mol. The maximum atomic E-state index is 14.3. The summed E-state index contributed by atoms with van der Waals surface area (Å²) in [6.45, 7) is 13.0. The van der Waals surface area contributed by atoms with Crippen LogP contribution in [0.25, 0.3) is 5.88 Å². The molecule has 0 saturated heterocycles. The highest BCUT2D eigenvalue weighted by atomic mass is 28.4. The summed E-state index contributed by atoms with van der Waals surface area (Å²) in [4.78, 5) is 14.7. The van der Waals surface area contributed by atoms with Crippen LogP contribution < -0.4 is 4.74 Å². The molecular weight excluding hydrogens is 387 g/mol.